The highest BCUT2D eigenvalue weighted by atomic mass is 16.6. The fourth-order valence-electron chi connectivity index (χ4n) is 4.59. The molecule has 184 valence electrons. The first-order chi connectivity index (χ1) is 16.7. The summed E-state index contributed by atoms with van der Waals surface area (Å²) in [6, 6.07) is 8.31. The number of hydrogen-bond donors (Lipinski definition) is 2. The van der Waals surface area contributed by atoms with Gasteiger partial charge in [0.1, 0.15) is 18.8 Å². The molecule has 5 rings (SSSR count). The summed E-state index contributed by atoms with van der Waals surface area (Å²) in [5, 5.41) is 7.40. The average molecular weight is 478 g/mol. The quantitative estimate of drug-likeness (QED) is 0.560. The number of benzene rings is 1. The number of carbonyl (C=O) groups excluding carboxylic acids is 1. The van der Waals surface area contributed by atoms with E-state index in [1.54, 1.807) is 6.20 Å². The van der Waals surface area contributed by atoms with Crippen molar-refractivity contribution in [2.24, 2.45) is 0 Å². The molecule has 9 nitrogen and oxygen atoms in total. The van der Waals surface area contributed by atoms with Gasteiger partial charge in [-0.25, -0.2) is 19.7 Å². The van der Waals surface area contributed by atoms with Crippen molar-refractivity contribution < 1.29 is 19.0 Å². The van der Waals surface area contributed by atoms with Crippen molar-refractivity contribution in [3.05, 3.63) is 36.2 Å². The number of aryl methyl sites for hydroxylation is 1. The van der Waals surface area contributed by atoms with Crippen LogP contribution < -0.4 is 20.1 Å². The lowest BCUT2D eigenvalue weighted by Gasteiger charge is -2.22. The van der Waals surface area contributed by atoms with Crippen molar-refractivity contribution in [2.45, 2.75) is 64.6 Å². The summed E-state index contributed by atoms with van der Waals surface area (Å²) in [6.45, 7) is 8.58. The molecule has 3 aromatic rings. The number of fused-ring (bicyclic) bond motifs is 2. The second kappa shape index (κ2) is 9.20. The molecule has 1 saturated carbocycles. The number of alkyl carbamates (subject to hydrolysis) is 1. The molecule has 35 heavy (non-hydrogen) atoms. The Balaban J connectivity index is 1.30. The lowest BCUT2D eigenvalue weighted by molar-refractivity contribution is 0.0505. The maximum atomic E-state index is 12.1. The number of nitrogens with one attached hydrogen (secondary N) is 2. The van der Waals surface area contributed by atoms with E-state index >= 15 is 0 Å². The summed E-state index contributed by atoms with van der Waals surface area (Å²) in [7, 11) is 0. The van der Waals surface area contributed by atoms with E-state index < -0.39 is 5.60 Å². The fourth-order valence-corrected chi connectivity index (χ4v) is 4.59. The van der Waals surface area contributed by atoms with Crippen LogP contribution in [0.3, 0.4) is 0 Å². The molecule has 2 N–H and O–H groups in total. The van der Waals surface area contributed by atoms with Crippen molar-refractivity contribution in [3.63, 3.8) is 0 Å². The van der Waals surface area contributed by atoms with E-state index in [0.29, 0.717) is 30.8 Å². The highest BCUT2D eigenvalue weighted by Crippen LogP contribution is 2.39. The Kier molecular flexibility index (Phi) is 6.08. The van der Waals surface area contributed by atoms with Crippen LogP contribution >= 0.6 is 0 Å². The first kappa shape index (κ1) is 23.1. The molecule has 1 aliphatic carbocycles. The van der Waals surface area contributed by atoms with Gasteiger partial charge in [-0.1, -0.05) is 6.07 Å². The molecule has 0 radical (unpaired) electrons. The van der Waals surface area contributed by atoms with Crippen molar-refractivity contribution in [1.82, 2.24) is 20.3 Å². The van der Waals surface area contributed by atoms with Crippen molar-refractivity contribution >= 4 is 22.9 Å². The molecule has 0 bridgehead atoms. The summed E-state index contributed by atoms with van der Waals surface area (Å²) < 4.78 is 16.8. The van der Waals surface area contributed by atoms with Crippen LogP contribution in [0.2, 0.25) is 0 Å². The molecule has 1 aliphatic heterocycles. The van der Waals surface area contributed by atoms with Gasteiger partial charge in [0.05, 0.1) is 11.2 Å². The molecule has 0 saturated heterocycles. The minimum absolute atomic E-state index is 0.0731. The van der Waals surface area contributed by atoms with Gasteiger partial charge in [-0.15, -0.1) is 0 Å². The van der Waals surface area contributed by atoms with Gasteiger partial charge >= 0.3 is 6.09 Å². The van der Waals surface area contributed by atoms with Gasteiger partial charge in [-0.3, -0.25) is 0 Å². The Morgan fingerprint density at radius 1 is 1.09 bits per heavy atom. The van der Waals surface area contributed by atoms with Gasteiger partial charge in [-0.2, -0.15) is 0 Å². The van der Waals surface area contributed by atoms with E-state index in [1.165, 1.54) is 0 Å². The zero-order valence-electron chi connectivity index (χ0n) is 20.6. The van der Waals surface area contributed by atoms with E-state index in [-0.39, 0.29) is 18.2 Å². The molecular formula is C26H31N5O4. The molecule has 1 fully saturated rings. The van der Waals surface area contributed by atoms with Gasteiger partial charge in [0.25, 0.3) is 5.88 Å². The Morgan fingerprint density at radius 2 is 1.89 bits per heavy atom. The average Bonchev–Trinajstić information content (AvgIpc) is 3.23. The topological polar surface area (TPSA) is 107 Å². The van der Waals surface area contributed by atoms with Gasteiger partial charge in [0.15, 0.2) is 5.75 Å². The van der Waals surface area contributed by atoms with Gasteiger partial charge in [-0.05, 0) is 70.7 Å². The number of carbonyl (C=O) groups is 1. The third-order valence-corrected chi connectivity index (χ3v) is 6.12. The molecule has 0 unspecified atom stereocenters. The smallest absolute Gasteiger partial charge is 0.407 e. The van der Waals surface area contributed by atoms with E-state index in [1.807, 2.05) is 45.9 Å². The van der Waals surface area contributed by atoms with Crippen LogP contribution in [0.1, 0.15) is 45.7 Å². The number of ether oxygens (including phenoxy) is 3. The molecule has 9 heteroatoms. The second-order valence-corrected chi connectivity index (χ2v) is 10.1. The van der Waals surface area contributed by atoms with E-state index in [0.717, 1.165) is 47.0 Å². The minimum atomic E-state index is -0.506. The van der Waals surface area contributed by atoms with Crippen molar-refractivity contribution in [1.29, 1.82) is 0 Å². The molecule has 1 aromatic carbocycles. The fraction of sp³-hybridized carbons (Fsp3) is 0.462. The molecule has 0 spiro atoms. The lowest BCUT2D eigenvalue weighted by Crippen LogP contribution is -2.38. The number of pyridine rings is 1. The van der Waals surface area contributed by atoms with Crippen LogP contribution in [0.15, 0.2) is 30.5 Å². The van der Waals surface area contributed by atoms with Crippen LogP contribution in [-0.4, -0.2) is 51.9 Å². The van der Waals surface area contributed by atoms with Crippen LogP contribution in [0.5, 0.6) is 11.6 Å². The predicted molar refractivity (Wildman–Crippen MR) is 133 cm³/mol. The standard InChI is InChI=1S/C26H31N5O4/c1-15-20-13-16(19-9-10-27-23-22(19)33-11-12-34-23)5-8-21(20)31-24(28-15)29-17-6-7-18(14-17)30-25(32)35-26(2,3)4/h5,8-10,13,17-18H,6-7,11-12,14H2,1-4H3,(H,30,32)(H,28,29,31)/t17-,18-/m1/s1. The molecule has 2 aliphatic rings. The molecule has 2 aromatic heterocycles. The zero-order valence-corrected chi connectivity index (χ0v) is 20.6. The first-order valence-corrected chi connectivity index (χ1v) is 12.0. The largest absolute Gasteiger partial charge is 0.484 e. The highest BCUT2D eigenvalue weighted by molar-refractivity contribution is 5.88. The summed E-state index contributed by atoms with van der Waals surface area (Å²) in [4.78, 5) is 25.8. The number of aromatic nitrogens is 3. The molecule has 1 amide bonds. The lowest BCUT2D eigenvalue weighted by atomic mass is 10.0. The Morgan fingerprint density at radius 3 is 2.71 bits per heavy atom. The Hall–Kier alpha value is -3.62. The monoisotopic (exact) mass is 477 g/mol. The van der Waals surface area contributed by atoms with Crippen LogP contribution in [0, 0.1) is 6.92 Å². The Bertz CT molecular complexity index is 1260. The molecule has 3 heterocycles. The van der Waals surface area contributed by atoms with Gasteiger partial charge in [0, 0.05) is 29.2 Å². The van der Waals surface area contributed by atoms with Gasteiger partial charge < -0.3 is 24.8 Å². The molecule has 2 atom stereocenters. The number of rotatable bonds is 4. The van der Waals surface area contributed by atoms with E-state index in [4.69, 9.17) is 24.2 Å². The summed E-state index contributed by atoms with van der Waals surface area (Å²) in [6.07, 6.45) is 3.97. The van der Waals surface area contributed by atoms with Crippen molar-refractivity contribution in [3.8, 4) is 22.8 Å². The summed E-state index contributed by atoms with van der Waals surface area (Å²) >= 11 is 0. The highest BCUT2D eigenvalue weighted by Gasteiger charge is 2.28. The maximum Gasteiger partial charge on any atom is 0.407 e. The maximum absolute atomic E-state index is 12.1. The second-order valence-electron chi connectivity index (χ2n) is 10.1. The van der Waals surface area contributed by atoms with E-state index in [9.17, 15) is 4.79 Å². The minimum Gasteiger partial charge on any atom is -0.484 e. The van der Waals surface area contributed by atoms with Crippen LogP contribution in [0.25, 0.3) is 22.0 Å². The SMILES string of the molecule is Cc1nc(N[C@@H]2CC[C@@H](NC(=O)OC(C)(C)C)C2)nc2ccc(-c3ccnc4c3OCCO4)cc12. The first-order valence-electron chi connectivity index (χ1n) is 12.0. The summed E-state index contributed by atoms with van der Waals surface area (Å²) in [5.74, 6) is 1.80. The number of nitrogens with zero attached hydrogens (tertiary/aromatic N) is 3. The van der Waals surface area contributed by atoms with Gasteiger partial charge in [0.2, 0.25) is 5.95 Å². The zero-order chi connectivity index (χ0) is 24.6. The van der Waals surface area contributed by atoms with Crippen molar-refractivity contribution in [2.75, 3.05) is 18.5 Å². The molecular weight excluding hydrogens is 446 g/mol. The van der Waals surface area contributed by atoms with E-state index in [2.05, 4.69) is 21.7 Å². The van der Waals surface area contributed by atoms with Crippen LogP contribution in [0.4, 0.5) is 10.7 Å². The number of amides is 1. The third-order valence-electron chi connectivity index (χ3n) is 6.12. The third kappa shape index (κ3) is 5.23. The normalized spacial score (nSPS) is 19.4. The Labute approximate surface area is 204 Å². The predicted octanol–water partition coefficient (Wildman–Crippen LogP) is 4.63. The summed E-state index contributed by atoms with van der Waals surface area (Å²) in [5.41, 5.74) is 3.19. The van der Waals surface area contributed by atoms with Crippen LogP contribution in [-0.2, 0) is 4.74 Å². The number of hydrogen-bond acceptors (Lipinski definition) is 8. The number of anilines is 1.